The zero-order valence-corrected chi connectivity index (χ0v) is 13.0. The molecular formula is C16H28N4. The average molecular weight is 276 g/mol. The van der Waals surface area contributed by atoms with Gasteiger partial charge in [-0.2, -0.15) is 0 Å². The van der Waals surface area contributed by atoms with Crippen LogP contribution in [0.1, 0.15) is 64.6 Å². The predicted octanol–water partition coefficient (Wildman–Crippen LogP) is 3.81. The highest BCUT2D eigenvalue weighted by Gasteiger charge is 2.18. The standard InChI is InChI=1S/C16H28N4/c1-11(2)16-19-14(17)10-15(20-16)18-8-7-13-6-4-5-12(3)9-13/h10-13H,4-9H2,1-3H3,(H3,17,18,19,20). The van der Waals surface area contributed by atoms with Crippen molar-refractivity contribution in [2.75, 3.05) is 17.6 Å². The van der Waals surface area contributed by atoms with Crippen LogP contribution in [0.15, 0.2) is 6.07 Å². The molecule has 1 aromatic rings. The quantitative estimate of drug-likeness (QED) is 0.858. The third kappa shape index (κ3) is 4.36. The fourth-order valence-corrected chi connectivity index (χ4v) is 3.06. The van der Waals surface area contributed by atoms with Crippen molar-refractivity contribution in [3.63, 3.8) is 0 Å². The topological polar surface area (TPSA) is 63.8 Å². The van der Waals surface area contributed by atoms with E-state index in [0.29, 0.717) is 11.7 Å². The van der Waals surface area contributed by atoms with Gasteiger partial charge in [0.15, 0.2) is 0 Å². The molecule has 2 rings (SSSR count). The molecule has 0 aliphatic heterocycles. The first-order valence-corrected chi connectivity index (χ1v) is 7.93. The van der Waals surface area contributed by atoms with Crippen molar-refractivity contribution in [3.8, 4) is 0 Å². The van der Waals surface area contributed by atoms with Crippen molar-refractivity contribution in [2.45, 2.75) is 58.8 Å². The summed E-state index contributed by atoms with van der Waals surface area (Å²) in [6.45, 7) is 7.52. The zero-order valence-electron chi connectivity index (χ0n) is 13.0. The minimum absolute atomic E-state index is 0.304. The Morgan fingerprint density at radius 3 is 2.85 bits per heavy atom. The van der Waals surface area contributed by atoms with Crippen molar-refractivity contribution in [1.82, 2.24) is 9.97 Å². The van der Waals surface area contributed by atoms with E-state index in [9.17, 15) is 0 Å². The van der Waals surface area contributed by atoms with E-state index < -0.39 is 0 Å². The maximum Gasteiger partial charge on any atom is 0.135 e. The Hall–Kier alpha value is -1.32. The molecule has 0 saturated heterocycles. The highest BCUT2D eigenvalue weighted by molar-refractivity contribution is 5.44. The van der Waals surface area contributed by atoms with Crippen molar-refractivity contribution in [1.29, 1.82) is 0 Å². The maximum absolute atomic E-state index is 5.84. The van der Waals surface area contributed by atoms with Gasteiger partial charge in [0.05, 0.1) is 0 Å². The van der Waals surface area contributed by atoms with Crippen molar-refractivity contribution >= 4 is 11.6 Å². The lowest BCUT2D eigenvalue weighted by atomic mass is 9.81. The van der Waals surface area contributed by atoms with Gasteiger partial charge in [-0.3, -0.25) is 0 Å². The molecule has 1 saturated carbocycles. The first-order chi connectivity index (χ1) is 9.54. The third-order valence-corrected chi connectivity index (χ3v) is 4.18. The Balaban J connectivity index is 1.84. The van der Waals surface area contributed by atoms with Gasteiger partial charge in [0.25, 0.3) is 0 Å². The molecule has 0 aromatic carbocycles. The van der Waals surface area contributed by atoms with Gasteiger partial charge in [-0.15, -0.1) is 0 Å². The molecule has 1 fully saturated rings. The number of aromatic nitrogens is 2. The number of hydrogen-bond donors (Lipinski definition) is 2. The first kappa shape index (κ1) is 15.1. The largest absolute Gasteiger partial charge is 0.384 e. The van der Waals surface area contributed by atoms with Gasteiger partial charge in [-0.1, -0.05) is 40.0 Å². The molecular weight excluding hydrogens is 248 g/mol. The van der Waals surface area contributed by atoms with Crippen LogP contribution in [0.4, 0.5) is 11.6 Å². The van der Waals surface area contributed by atoms with Crippen LogP contribution in [0, 0.1) is 11.8 Å². The molecule has 4 nitrogen and oxygen atoms in total. The number of nitrogens with one attached hydrogen (secondary N) is 1. The van der Waals surface area contributed by atoms with E-state index in [0.717, 1.165) is 30.0 Å². The number of nitrogens with zero attached hydrogens (tertiary/aromatic N) is 2. The Bertz CT molecular complexity index is 430. The molecule has 1 aliphatic carbocycles. The summed E-state index contributed by atoms with van der Waals surface area (Å²) < 4.78 is 0. The first-order valence-electron chi connectivity index (χ1n) is 7.93. The van der Waals surface area contributed by atoms with Crippen LogP contribution in [0.5, 0.6) is 0 Å². The fourth-order valence-electron chi connectivity index (χ4n) is 3.06. The van der Waals surface area contributed by atoms with E-state index in [1.54, 1.807) is 0 Å². The van der Waals surface area contributed by atoms with Crippen LogP contribution >= 0.6 is 0 Å². The van der Waals surface area contributed by atoms with Crippen LogP contribution in [0.25, 0.3) is 0 Å². The van der Waals surface area contributed by atoms with Crippen molar-refractivity contribution < 1.29 is 0 Å². The molecule has 3 N–H and O–H groups in total. The van der Waals surface area contributed by atoms with E-state index >= 15 is 0 Å². The monoisotopic (exact) mass is 276 g/mol. The second-order valence-corrected chi connectivity index (χ2v) is 6.54. The summed E-state index contributed by atoms with van der Waals surface area (Å²) in [6.07, 6.45) is 6.79. The third-order valence-electron chi connectivity index (χ3n) is 4.18. The number of nitrogen functional groups attached to an aromatic ring is 1. The minimum Gasteiger partial charge on any atom is -0.384 e. The molecule has 4 heteroatoms. The van der Waals surface area contributed by atoms with Gasteiger partial charge < -0.3 is 11.1 Å². The van der Waals surface area contributed by atoms with Crippen LogP contribution in [0.3, 0.4) is 0 Å². The average Bonchev–Trinajstić information content (AvgIpc) is 2.38. The van der Waals surface area contributed by atoms with Gasteiger partial charge >= 0.3 is 0 Å². The van der Waals surface area contributed by atoms with E-state index in [1.165, 1.54) is 32.1 Å². The van der Waals surface area contributed by atoms with Gasteiger partial charge in [0.1, 0.15) is 17.5 Å². The SMILES string of the molecule is CC1CCCC(CCNc2cc(N)nc(C(C)C)n2)C1. The van der Waals surface area contributed by atoms with E-state index in [-0.39, 0.29) is 0 Å². The van der Waals surface area contributed by atoms with Crippen LogP contribution in [0.2, 0.25) is 0 Å². The molecule has 112 valence electrons. The molecule has 2 atom stereocenters. The summed E-state index contributed by atoms with van der Waals surface area (Å²) in [5.74, 6) is 4.31. The zero-order chi connectivity index (χ0) is 14.5. The van der Waals surface area contributed by atoms with Crippen molar-refractivity contribution in [3.05, 3.63) is 11.9 Å². The molecule has 0 radical (unpaired) electrons. The summed E-state index contributed by atoms with van der Waals surface area (Å²) in [7, 11) is 0. The van der Waals surface area contributed by atoms with Gasteiger partial charge in [-0.25, -0.2) is 9.97 Å². The lowest BCUT2D eigenvalue weighted by molar-refractivity contribution is 0.274. The van der Waals surface area contributed by atoms with E-state index in [1.807, 2.05) is 6.07 Å². The smallest absolute Gasteiger partial charge is 0.135 e. The summed E-state index contributed by atoms with van der Waals surface area (Å²) in [6, 6.07) is 1.83. The summed E-state index contributed by atoms with van der Waals surface area (Å²) in [4.78, 5) is 8.80. The van der Waals surface area contributed by atoms with E-state index in [2.05, 4.69) is 36.1 Å². The van der Waals surface area contributed by atoms with Gasteiger partial charge in [-0.05, 0) is 24.7 Å². The van der Waals surface area contributed by atoms with Crippen LogP contribution < -0.4 is 11.1 Å². The molecule has 0 amide bonds. The summed E-state index contributed by atoms with van der Waals surface area (Å²) in [5, 5.41) is 3.41. The second kappa shape index (κ2) is 6.91. The van der Waals surface area contributed by atoms with Crippen LogP contribution in [-0.2, 0) is 0 Å². The molecule has 2 unspecified atom stereocenters. The lowest BCUT2D eigenvalue weighted by Crippen LogP contribution is -2.17. The Labute approximate surface area is 122 Å². The Morgan fingerprint density at radius 2 is 2.15 bits per heavy atom. The van der Waals surface area contributed by atoms with Gasteiger partial charge in [0, 0.05) is 18.5 Å². The molecule has 0 spiro atoms. The van der Waals surface area contributed by atoms with Crippen LogP contribution in [-0.4, -0.2) is 16.5 Å². The normalized spacial score (nSPS) is 23.0. The fraction of sp³-hybridized carbons (Fsp3) is 0.750. The Morgan fingerprint density at radius 1 is 1.35 bits per heavy atom. The summed E-state index contributed by atoms with van der Waals surface area (Å²) >= 11 is 0. The second-order valence-electron chi connectivity index (χ2n) is 6.54. The summed E-state index contributed by atoms with van der Waals surface area (Å²) in [5.41, 5.74) is 5.84. The van der Waals surface area contributed by atoms with Crippen molar-refractivity contribution in [2.24, 2.45) is 11.8 Å². The molecule has 1 heterocycles. The number of rotatable bonds is 5. The highest BCUT2D eigenvalue weighted by atomic mass is 15.0. The molecule has 1 aliphatic rings. The Kier molecular flexibility index (Phi) is 5.21. The van der Waals surface area contributed by atoms with E-state index in [4.69, 9.17) is 5.73 Å². The number of nitrogens with two attached hydrogens (primary N) is 1. The minimum atomic E-state index is 0.304. The van der Waals surface area contributed by atoms with Gasteiger partial charge in [0.2, 0.25) is 0 Å². The number of anilines is 2. The molecule has 1 aromatic heterocycles. The predicted molar refractivity (Wildman–Crippen MR) is 84.8 cm³/mol. The molecule has 0 bridgehead atoms. The lowest BCUT2D eigenvalue weighted by Gasteiger charge is -2.26. The maximum atomic E-state index is 5.84. The highest BCUT2D eigenvalue weighted by Crippen LogP contribution is 2.30. The molecule has 20 heavy (non-hydrogen) atoms. The number of hydrogen-bond acceptors (Lipinski definition) is 4.